The molecule has 7 heteroatoms. The van der Waals surface area contributed by atoms with Crippen LogP contribution in [0.4, 0.5) is 10.6 Å². The molecule has 0 saturated carbocycles. The number of nitrogens with one attached hydrogen (secondary N) is 2. The number of aryl methyl sites for hydroxylation is 2. The molecule has 37 heavy (non-hydrogen) atoms. The van der Waals surface area contributed by atoms with Gasteiger partial charge >= 0.3 is 6.03 Å². The van der Waals surface area contributed by atoms with Crippen molar-refractivity contribution in [2.24, 2.45) is 0 Å². The molecular weight excluding hydrogens is 462 g/mol. The molecule has 0 saturated heterocycles. The maximum atomic E-state index is 13.3. The van der Waals surface area contributed by atoms with Gasteiger partial charge in [-0.3, -0.25) is 4.79 Å². The summed E-state index contributed by atoms with van der Waals surface area (Å²) in [6.45, 7) is 6.75. The number of urea groups is 1. The van der Waals surface area contributed by atoms with Gasteiger partial charge in [0.05, 0.1) is 11.4 Å². The number of hydrogen-bond donors (Lipinski definition) is 2. The Hall–Kier alpha value is -4.39. The van der Waals surface area contributed by atoms with Crippen molar-refractivity contribution < 1.29 is 9.59 Å². The quantitative estimate of drug-likeness (QED) is 0.312. The second kappa shape index (κ2) is 12.0. The Balaban J connectivity index is 1.58. The van der Waals surface area contributed by atoms with Gasteiger partial charge in [-0.25, -0.2) is 9.48 Å². The topological polar surface area (TPSA) is 79.3 Å². The summed E-state index contributed by atoms with van der Waals surface area (Å²) in [4.78, 5) is 27.8. The van der Waals surface area contributed by atoms with Crippen LogP contribution in [-0.4, -0.2) is 39.7 Å². The van der Waals surface area contributed by atoms with Crippen molar-refractivity contribution in [2.45, 2.75) is 33.7 Å². The van der Waals surface area contributed by atoms with Crippen LogP contribution < -0.4 is 10.6 Å². The van der Waals surface area contributed by atoms with Gasteiger partial charge in [0, 0.05) is 18.7 Å². The van der Waals surface area contributed by atoms with E-state index in [2.05, 4.69) is 10.6 Å². The molecule has 3 amide bonds. The maximum Gasteiger partial charge on any atom is 0.318 e. The van der Waals surface area contributed by atoms with Gasteiger partial charge in [-0.2, -0.15) is 5.10 Å². The van der Waals surface area contributed by atoms with Crippen LogP contribution in [0.25, 0.3) is 16.8 Å². The fourth-order valence-electron chi connectivity index (χ4n) is 4.22. The number of anilines is 1. The van der Waals surface area contributed by atoms with E-state index in [1.807, 2.05) is 106 Å². The summed E-state index contributed by atoms with van der Waals surface area (Å²) < 4.78 is 1.76. The highest BCUT2D eigenvalue weighted by molar-refractivity contribution is 5.97. The largest absolute Gasteiger partial charge is 0.334 e. The summed E-state index contributed by atoms with van der Waals surface area (Å²) in [5.41, 5.74) is 5.59. The van der Waals surface area contributed by atoms with Crippen LogP contribution in [0.3, 0.4) is 0 Å². The molecule has 4 rings (SSSR count). The number of nitrogens with zero attached hydrogens (tertiary/aromatic N) is 3. The smallest absolute Gasteiger partial charge is 0.318 e. The highest BCUT2D eigenvalue weighted by atomic mass is 16.2. The molecule has 0 unspecified atom stereocenters. The Bertz CT molecular complexity index is 1330. The summed E-state index contributed by atoms with van der Waals surface area (Å²) in [6.07, 6.45) is 0.738. The van der Waals surface area contributed by atoms with Crippen LogP contribution in [0.1, 0.15) is 30.2 Å². The molecule has 0 radical (unpaired) electrons. The molecule has 0 fully saturated rings. The third kappa shape index (κ3) is 6.44. The average Bonchev–Trinajstić information content (AvgIpc) is 3.23. The first-order chi connectivity index (χ1) is 18.0. The molecule has 1 heterocycles. The predicted octanol–water partition coefficient (Wildman–Crippen LogP) is 5.72. The molecular formula is C30H33N5O2. The summed E-state index contributed by atoms with van der Waals surface area (Å²) in [7, 11) is 0. The van der Waals surface area contributed by atoms with Crippen LogP contribution in [0.5, 0.6) is 0 Å². The van der Waals surface area contributed by atoms with Gasteiger partial charge in [-0.1, -0.05) is 85.3 Å². The van der Waals surface area contributed by atoms with E-state index in [4.69, 9.17) is 5.10 Å². The molecule has 4 aromatic rings. The van der Waals surface area contributed by atoms with Crippen molar-refractivity contribution in [3.63, 3.8) is 0 Å². The number of hydrogen-bond acceptors (Lipinski definition) is 3. The molecule has 190 valence electrons. The van der Waals surface area contributed by atoms with Gasteiger partial charge in [-0.05, 0) is 43.5 Å². The lowest BCUT2D eigenvalue weighted by Crippen LogP contribution is -2.44. The maximum absolute atomic E-state index is 13.3. The van der Waals surface area contributed by atoms with E-state index in [0.29, 0.717) is 18.9 Å². The predicted molar refractivity (Wildman–Crippen MR) is 148 cm³/mol. The Kier molecular flexibility index (Phi) is 8.36. The molecule has 0 aliphatic heterocycles. The number of benzene rings is 3. The van der Waals surface area contributed by atoms with Crippen LogP contribution in [0, 0.1) is 13.8 Å². The van der Waals surface area contributed by atoms with E-state index in [1.165, 1.54) is 0 Å². The molecule has 0 atom stereocenters. The monoisotopic (exact) mass is 495 g/mol. The first-order valence-electron chi connectivity index (χ1n) is 12.5. The lowest BCUT2D eigenvalue weighted by Gasteiger charge is -2.22. The van der Waals surface area contributed by atoms with Crippen molar-refractivity contribution in [2.75, 3.05) is 18.4 Å². The van der Waals surface area contributed by atoms with E-state index >= 15 is 0 Å². The van der Waals surface area contributed by atoms with Gasteiger partial charge in [0.2, 0.25) is 5.91 Å². The zero-order valence-electron chi connectivity index (χ0n) is 21.6. The van der Waals surface area contributed by atoms with Crippen LogP contribution >= 0.6 is 0 Å². The van der Waals surface area contributed by atoms with Crippen molar-refractivity contribution in [1.82, 2.24) is 20.0 Å². The SMILES string of the molecule is CCCN(CC(=O)Nc1c(-c2ccccc2)c(C)nn1-c1ccc(C)cc1)C(=O)NCc1ccccc1. The third-order valence-electron chi connectivity index (χ3n) is 6.06. The molecule has 1 aromatic heterocycles. The normalized spacial score (nSPS) is 10.7. The van der Waals surface area contributed by atoms with Gasteiger partial charge in [-0.15, -0.1) is 0 Å². The fourth-order valence-corrected chi connectivity index (χ4v) is 4.22. The van der Waals surface area contributed by atoms with Crippen molar-refractivity contribution in [3.8, 4) is 16.8 Å². The highest BCUT2D eigenvalue weighted by Crippen LogP contribution is 2.33. The summed E-state index contributed by atoms with van der Waals surface area (Å²) in [5.74, 6) is 0.299. The van der Waals surface area contributed by atoms with E-state index in [1.54, 1.807) is 9.58 Å². The summed E-state index contributed by atoms with van der Waals surface area (Å²) >= 11 is 0. The summed E-state index contributed by atoms with van der Waals surface area (Å²) in [6, 6.07) is 27.3. The van der Waals surface area contributed by atoms with Gasteiger partial charge in [0.1, 0.15) is 12.4 Å². The number of carbonyl (C=O) groups excluding carboxylic acids is 2. The Morgan fingerprint density at radius 1 is 0.892 bits per heavy atom. The lowest BCUT2D eigenvalue weighted by molar-refractivity contribution is -0.116. The highest BCUT2D eigenvalue weighted by Gasteiger charge is 2.22. The standard InChI is InChI=1S/C30H33N5O2/c1-4-19-34(30(37)31-20-24-11-7-5-8-12-24)21-27(36)32-29-28(25-13-9-6-10-14-25)23(3)33-35(29)26-17-15-22(2)16-18-26/h5-18H,4,19-21H2,1-3H3,(H,31,37)(H,32,36). The molecule has 0 bridgehead atoms. The number of carbonyl (C=O) groups is 2. The zero-order valence-corrected chi connectivity index (χ0v) is 21.6. The van der Waals surface area contributed by atoms with Crippen LogP contribution in [0.15, 0.2) is 84.9 Å². The first kappa shape index (κ1) is 25.7. The van der Waals surface area contributed by atoms with Gasteiger partial charge < -0.3 is 15.5 Å². The minimum atomic E-state index is -0.284. The van der Waals surface area contributed by atoms with Gasteiger partial charge in [0.25, 0.3) is 0 Å². The minimum Gasteiger partial charge on any atom is -0.334 e. The molecule has 0 aliphatic rings. The van der Waals surface area contributed by atoms with E-state index in [9.17, 15) is 9.59 Å². The van der Waals surface area contributed by atoms with Crippen LogP contribution in [-0.2, 0) is 11.3 Å². The Morgan fingerprint density at radius 3 is 2.19 bits per heavy atom. The Morgan fingerprint density at radius 2 is 1.54 bits per heavy atom. The second-order valence-corrected chi connectivity index (χ2v) is 9.04. The molecule has 2 N–H and O–H groups in total. The molecule has 7 nitrogen and oxygen atoms in total. The van der Waals surface area contributed by atoms with E-state index in [0.717, 1.165) is 40.1 Å². The fraction of sp³-hybridized carbons (Fsp3) is 0.233. The summed E-state index contributed by atoms with van der Waals surface area (Å²) in [5, 5.41) is 10.8. The van der Waals surface area contributed by atoms with E-state index in [-0.39, 0.29) is 18.5 Å². The number of aromatic nitrogens is 2. The second-order valence-electron chi connectivity index (χ2n) is 9.04. The average molecular weight is 496 g/mol. The van der Waals surface area contributed by atoms with Gasteiger partial charge in [0.15, 0.2) is 0 Å². The molecule has 0 spiro atoms. The molecule has 3 aromatic carbocycles. The number of amides is 3. The van der Waals surface area contributed by atoms with Crippen molar-refractivity contribution >= 4 is 17.8 Å². The molecule has 0 aliphatic carbocycles. The Labute approximate surface area is 218 Å². The van der Waals surface area contributed by atoms with Crippen molar-refractivity contribution in [1.29, 1.82) is 0 Å². The third-order valence-corrected chi connectivity index (χ3v) is 6.06. The zero-order chi connectivity index (χ0) is 26.2. The first-order valence-corrected chi connectivity index (χ1v) is 12.5. The van der Waals surface area contributed by atoms with Crippen LogP contribution in [0.2, 0.25) is 0 Å². The van der Waals surface area contributed by atoms with E-state index < -0.39 is 0 Å². The minimum absolute atomic E-state index is 0.0686. The van der Waals surface area contributed by atoms with Crippen molar-refractivity contribution in [3.05, 3.63) is 102 Å². The number of rotatable bonds is 9. The lowest BCUT2D eigenvalue weighted by atomic mass is 10.1.